The van der Waals surface area contributed by atoms with Crippen molar-refractivity contribution >= 4 is 28.3 Å². The number of halogens is 2. The summed E-state index contributed by atoms with van der Waals surface area (Å²) in [5.41, 5.74) is 7.21. The molecule has 1 aliphatic carbocycles. The highest BCUT2D eigenvalue weighted by atomic mass is 79.9. The second-order valence-corrected chi connectivity index (χ2v) is 4.77. The molecule has 0 spiro atoms. The third kappa shape index (κ3) is 3.16. The Morgan fingerprint density at radius 1 is 1.33 bits per heavy atom. The number of aromatic nitrogens is 1. The van der Waals surface area contributed by atoms with Crippen LogP contribution in [0.15, 0.2) is 22.8 Å². The van der Waals surface area contributed by atoms with Crippen molar-refractivity contribution in [3.63, 3.8) is 0 Å². The first-order chi connectivity index (χ1) is 6.77. The van der Waals surface area contributed by atoms with Crippen LogP contribution in [0.1, 0.15) is 37.4 Å². The van der Waals surface area contributed by atoms with E-state index in [0.29, 0.717) is 5.92 Å². The maximum Gasteiger partial charge on any atom is 0.106 e. The Morgan fingerprint density at radius 2 is 2.00 bits per heavy atom. The van der Waals surface area contributed by atoms with Crippen LogP contribution in [0.25, 0.3) is 0 Å². The summed E-state index contributed by atoms with van der Waals surface area (Å²) in [6.45, 7) is 0. The molecule has 1 saturated carbocycles. The number of nitrogens with two attached hydrogens (primary N) is 1. The molecule has 1 aliphatic rings. The molecule has 2 N–H and O–H groups in total. The molecule has 1 aromatic rings. The molecule has 0 aliphatic heterocycles. The fourth-order valence-corrected chi connectivity index (χ4v) is 2.52. The molecule has 2 nitrogen and oxygen atoms in total. The van der Waals surface area contributed by atoms with E-state index in [-0.39, 0.29) is 18.4 Å². The molecule has 2 rings (SSSR count). The van der Waals surface area contributed by atoms with E-state index in [1.165, 1.54) is 25.7 Å². The van der Waals surface area contributed by atoms with Gasteiger partial charge in [-0.15, -0.1) is 12.4 Å². The molecular formula is C11H16BrClN2. The standard InChI is InChI=1S/C11H15BrN2.ClH/c12-10-7-3-6-9(14-10)11(13)8-4-1-2-5-8;/h3,6-8,11H,1-2,4-5,13H2;1H/t11-;/m0./s1. The van der Waals surface area contributed by atoms with Crippen LogP contribution in [0.5, 0.6) is 0 Å². The van der Waals surface area contributed by atoms with Crippen molar-refractivity contribution < 1.29 is 0 Å². The van der Waals surface area contributed by atoms with Gasteiger partial charge in [0.1, 0.15) is 4.60 Å². The molecule has 0 bridgehead atoms. The van der Waals surface area contributed by atoms with Crippen molar-refractivity contribution in [2.24, 2.45) is 11.7 Å². The van der Waals surface area contributed by atoms with Gasteiger partial charge in [-0.05, 0) is 46.8 Å². The lowest BCUT2D eigenvalue weighted by atomic mass is 9.96. The van der Waals surface area contributed by atoms with Crippen molar-refractivity contribution in [3.05, 3.63) is 28.5 Å². The van der Waals surface area contributed by atoms with Crippen LogP contribution in [-0.4, -0.2) is 4.98 Å². The van der Waals surface area contributed by atoms with Crippen molar-refractivity contribution in [2.45, 2.75) is 31.7 Å². The Morgan fingerprint density at radius 3 is 2.60 bits per heavy atom. The van der Waals surface area contributed by atoms with Crippen LogP contribution in [0, 0.1) is 5.92 Å². The number of hydrogen-bond donors (Lipinski definition) is 1. The lowest BCUT2D eigenvalue weighted by Gasteiger charge is -2.18. The van der Waals surface area contributed by atoms with Crippen molar-refractivity contribution in [2.75, 3.05) is 0 Å². The van der Waals surface area contributed by atoms with E-state index in [1.807, 2.05) is 18.2 Å². The van der Waals surface area contributed by atoms with Gasteiger partial charge in [-0.1, -0.05) is 18.9 Å². The van der Waals surface area contributed by atoms with Gasteiger partial charge >= 0.3 is 0 Å². The second-order valence-electron chi connectivity index (χ2n) is 3.96. The van der Waals surface area contributed by atoms with Gasteiger partial charge in [0.15, 0.2) is 0 Å². The minimum atomic E-state index is 0. The number of nitrogens with zero attached hydrogens (tertiary/aromatic N) is 1. The van der Waals surface area contributed by atoms with E-state index >= 15 is 0 Å². The molecule has 1 fully saturated rings. The van der Waals surface area contributed by atoms with Gasteiger partial charge in [0.25, 0.3) is 0 Å². The van der Waals surface area contributed by atoms with Gasteiger partial charge in [-0.25, -0.2) is 4.98 Å². The van der Waals surface area contributed by atoms with Crippen LogP contribution in [0.2, 0.25) is 0 Å². The molecule has 0 amide bonds. The number of rotatable bonds is 2. The normalized spacial score (nSPS) is 18.5. The molecule has 1 heterocycles. The third-order valence-electron chi connectivity index (χ3n) is 2.99. The molecule has 0 aromatic carbocycles. The molecule has 4 heteroatoms. The first-order valence-corrected chi connectivity index (χ1v) is 5.95. The Balaban J connectivity index is 0.00000112. The Bertz CT molecular complexity index is 313. The smallest absolute Gasteiger partial charge is 0.106 e. The molecule has 84 valence electrons. The zero-order valence-electron chi connectivity index (χ0n) is 8.53. The van der Waals surface area contributed by atoms with Gasteiger partial charge in [0, 0.05) is 6.04 Å². The highest BCUT2D eigenvalue weighted by molar-refractivity contribution is 9.10. The summed E-state index contributed by atoms with van der Waals surface area (Å²) in [6.07, 6.45) is 5.17. The lowest BCUT2D eigenvalue weighted by molar-refractivity contribution is 0.436. The molecular weight excluding hydrogens is 275 g/mol. The quantitative estimate of drug-likeness (QED) is 0.848. The Labute approximate surface area is 105 Å². The van der Waals surface area contributed by atoms with E-state index < -0.39 is 0 Å². The first-order valence-electron chi connectivity index (χ1n) is 5.15. The van der Waals surface area contributed by atoms with E-state index in [4.69, 9.17) is 5.73 Å². The van der Waals surface area contributed by atoms with Crippen LogP contribution in [0.4, 0.5) is 0 Å². The molecule has 0 radical (unpaired) electrons. The third-order valence-corrected chi connectivity index (χ3v) is 3.43. The second kappa shape index (κ2) is 5.83. The molecule has 1 atom stereocenters. The highest BCUT2D eigenvalue weighted by Gasteiger charge is 2.23. The van der Waals surface area contributed by atoms with Gasteiger partial charge in [0.2, 0.25) is 0 Å². The topological polar surface area (TPSA) is 38.9 Å². The van der Waals surface area contributed by atoms with E-state index in [0.717, 1.165) is 10.3 Å². The molecule has 1 aromatic heterocycles. The minimum Gasteiger partial charge on any atom is -0.322 e. The van der Waals surface area contributed by atoms with Gasteiger partial charge < -0.3 is 5.73 Å². The summed E-state index contributed by atoms with van der Waals surface area (Å²) in [5, 5.41) is 0. The van der Waals surface area contributed by atoms with Gasteiger partial charge in [-0.3, -0.25) is 0 Å². The summed E-state index contributed by atoms with van der Waals surface area (Å²) >= 11 is 3.37. The fraction of sp³-hybridized carbons (Fsp3) is 0.545. The predicted molar refractivity (Wildman–Crippen MR) is 68.1 cm³/mol. The van der Waals surface area contributed by atoms with Crippen molar-refractivity contribution in [3.8, 4) is 0 Å². The SMILES string of the molecule is Cl.N[C@H](c1cccc(Br)n1)C1CCCC1. The van der Waals surface area contributed by atoms with E-state index in [2.05, 4.69) is 20.9 Å². The Hall–Kier alpha value is -0.120. The average molecular weight is 292 g/mol. The highest BCUT2D eigenvalue weighted by Crippen LogP contribution is 2.33. The van der Waals surface area contributed by atoms with E-state index in [9.17, 15) is 0 Å². The summed E-state index contributed by atoms with van der Waals surface area (Å²) in [4.78, 5) is 4.41. The lowest BCUT2D eigenvalue weighted by Crippen LogP contribution is -2.20. The zero-order valence-corrected chi connectivity index (χ0v) is 10.9. The largest absolute Gasteiger partial charge is 0.322 e. The number of hydrogen-bond acceptors (Lipinski definition) is 2. The predicted octanol–water partition coefficient (Wildman–Crippen LogP) is 3.46. The van der Waals surface area contributed by atoms with Gasteiger partial charge in [0.05, 0.1) is 5.69 Å². The van der Waals surface area contributed by atoms with Crippen molar-refractivity contribution in [1.29, 1.82) is 0 Å². The van der Waals surface area contributed by atoms with Crippen LogP contribution >= 0.6 is 28.3 Å². The van der Waals surface area contributed by atoms with Crippen LogP contribution in [0.3, 0.4) is 0 Å². The summed E-state index contributed by atoms with van der Waals surface area (Å²) in [7, 11) is 0. The van der Waals surface area contributed by atoms with Gasteiger partial charge in [-0.2, -0.15) is 0 Å². The molecule has 15 heavy (non-hydrogen) atoms. The molecule has 0 unspecified atom stereocenters. The fourth-order valence-electron chi connectivity index (χ4n) is 2.17. The molecule has 0 saturated heterocycles. The van der Waals surface area contributed by atoms with Crippen molar-refractivity contribution in [1.82, 2.24) is 4.98 Å². The maximum absolute atomic E-state index is 6.19. The summed E-state index contributed by atoms with van der Waals surface area (Å²) in [6, 6.07) is 6.08. The zero-order chi connectivity index (χ0) is 9.97. The maximum atomic E-state index is 6.19. The Kier molecular flexibility index (Phi) is 5.03. The monoisotopic (exact) mass is 290 g/mol. The first kappa shape index (κ1) is 12.9. The van der Waals surface area contributed by atoms with Crippen LogP contribution < -0.4 is 5.73 Å². The number of pyridine rings is 1. The summed E-state index contributed by atoms with van der Waals surface area (Å²) < 4.78 is 0.878. The minimum absolute atomic E-state index is 0. The average Bonchev–Trinajstić information content (AvgIpc) is 2.69. The van der Waals surface area contributed by atoms with Crippen LogP contribution in [-0.2, 0) is 0 Å². The van der Waals surface area contributed by atoms with E-state index in [1.54, 1.807) is 0 Å². The summed E-state index contributed by atoms with van der Waals surface area (Å²) in [5.74, 6) is 0.636.